The average Bonchev–Trinajstić information content (AvgIpc) is 2.52. The van der Waals surface area contributed by atoms with Crippen molar-refractivity contribution in [3.05, 3.63) is 40.9 Å². The van der Waals surface area contributed by atoms with Crippen LogP contribution >= 0.6 is 15.9 Å². The van der Waals surface area contributed by atoms with Gasteiger partial charge in [-0.3, -0.25) is 10.3 Å². The topological polar surface area (TPSA) is 109 Å². The van der Waals surface area contributed by atoms with Crippen LogP contribution in [0.15, 0.2) is 34.4 Å². The number of nitrogens with zero attached hydrogens (tertiary/aromatic N) is 2. The van der Waals surface area contributed by atoms with E-state index >= 15 is 0 Å². The van der Waals surface area contributed by atoms with E-state index in [9.17, 15) is 17.6 Å². The van der Waals surface area contributed by atoms with Gasteiger partial charge in [0.25, 0.3) is 0 Å². The minimum Gasteiger partial charge on any atom is -0.465 e. The summed E-state index contributed by atoms with van der Waals surface area (Å²) in [7, 11) is -3.98. The lowest BCUT2D eigenvalue weighted by Crippen LogP contribution is -2.61. The Morgan fingerprint density at radius 3 is 2.65 bits per heavy atom. The molecule has 1 aliphatic heterocycles. The van der Waals surface area contributed by atoms with Crippen LogP contribution in [0.5, 0.6) is 0 Å². The highest BCUT2D eigenvalue weighted by Gasteiger charge is 2.57. The highest BCUT2D eigenvalue weighted by Crippen LogP contribution is 2.45. The second kappa shape index (κ2) is 6.73. The number of allylic oxidation sites excluding steroid dienone is 1. The number of hydrogen-bond donors (Lipinski definition) is 2. The lowest BCUT2D eigenvalue weighted by atomic mass is 9.87. The van der Waals surface area contributed by atoms with Gasteiger partial charge in [0.05, 0.1) is 5.25 Å². The van der Waals surface area contributed by atoms with Crippen molar-refractivity contribution in [2.24, 2.45) is 4.99 Å². The molecule has 26 heavy (non-hydrogen) atoms. The molecule has 0 fully saturated rings. The standard InChI is InChI=1S/C16H19BrFN3O4S/c1-5-6-11-16(4,10-7-9(17)8-19-12(10)18)21-13(20-14(22)23)15(2,3)26(11,24)25/h5,7-8,11H,1,6H2,2-4H3,(H,20,21)(H,22,23)/t11-,16-/m1/s1. The molecule has 2 N–H and O–H groups in total. The van der Waals surface area contributed by atoms with Crippen molar-refractivity contribution in [3.63, 3.8) is 0 Å². The Kier molecular flexibility index (Phi) is 5.31. The predicted molar refractivity (Wildman–Crippen MR) is 99.4 cm³/mol. The third-order valence-electron chi connectivity index (χ3n) is 4.58. The summed E-state index contributed by atoms with van der Waals surface area (Å²) in [6, 6.07) is 1.40. The summed E-state index contributed by atoms with van der Waals surface area (Å²) in [6.45, 7) is 7.77. The van der Waals surface area contributed by atoms with Gasteiger partial charge < -0.3 is 5.11 Å². The molecule has 10 heteroatoms. The zero-order chi connectivity index (χ0) is 19.9. The van der Waals surface area contributed by atoms with Gasteiger partial charge in [-0.15, -0.1) is 6.58 Å². The Balaban J connectivity index is 2.87. The van der Waals surface area contributed by atoms with Crippen molar-refractivity contribution >= 4 is 37.7 Å². The van der Waals surface area contributed by atoms with Crippen LogP contribution in [0.25, 0.3) is 0 Å². The summed E-state index contributed by atoms with van der Waals surface area (Å²) < 4.78 is 39.9. The van der Waals surface area contributed by atoms with Gasteiger partial charge in [-0.25, -0.2) is 18.2 Å². The van der Waals surface area contributed by atoms with Crippen LogP contribution in [-0.4, -0.2) is 40.4 Å². The third kappa shape index (κ3) is 3.16. The van der Waals surface area contributed by atoms with E-state index in [2.05, 4.69) is 37.8 Å². The van der Waals surface area contributed by atoms with Crippen LogP contribution in [0.1, 0.15) is 32.8 Å². The summed E-state index contributed by atoms with van der Waals surface area (Å²) in [5.74, 6) is -1.15. The molecule has 0 saturated carbocycles. The van der Waals surface area contributed by atoms with Crippen molar-refractivity contribution in [1.29, 1.82) is 0 Å². The number of hydrogen-bond acceptors (Lipinski definition) is 5. The molecule has 0 aromatic carbocycles. The monoisotopic (exact) mass is 447 g/mol. The van der Waals surface area contributed by atoms with Gasteiger partial charge in [0.15, 0.2) is 9.84 Å². The molecule has 1 aromatic rings. The molecule has 2 heterocycles. The predicted octanol–water partition coefficient (Wildman–Crippen LogP) is 3.02. The van der Waals surface area contributed by atoms with Crippen LogP contribution < -0.4 is 5.32 Å². The number of carbonyl (C=O) groups is 1. The van der Waals surface area contributed by atoms with Gasteiger partial charge in [0.2, 0.25) is 5.95 Å². The molecule has 0 saturated heterocycles. The molecule has 2 rings (SSSR count). The van der Waals surface area contributed by atoms with Gasteiger partial charge in [0, 0.05) is 16.2 Å². The SMILES string of the molecule is C=CC[C@@H]1[C@@](C)(c2cc(Br)cnc2F)N=C(NC(=O)O)C(C)(C)S1(=O)=O. The molecule has 2 atom stereocenters. The number of sulfone groups is 1. The zero-order valence-electron chi connectivity index (χ0n) is 14.5. The van der Waals surface area contributed by atoms with E-state index in [1.807, 2.05) is 0 Å². The molecule has 0 unspecified atom stereocenters. The van der Waals surface area contributed by atoms with Gasteiger partial charge in [-0.1, -0.05) is 6.08 Å². The maximum atomic E-state index is 14.5. The van der Waals surface area contributed by atoms with E-state index in [0.29, 0.717) is 4.47 Å². The van der Waals surface area contributed by atoms with Gasteiger partial charge in [-0.05, 0) is 49.2 Å². The first kappa shape index (κ1) is 20.5. The number of halogens is 2. The second-order valence-electron chi connectivity index (χ2n) is 6.60. The number of rotatable bonds is 3. The van der Waals surface area contributed by atoms with Crippen molar-refractivity contribution in [2.75, 3.05) is 0 Å². The van der Waals surface area contributed by atoms with E-state index in [0.717, 1.165) is 0 Å². The molecule has 1 aromatic heterocycles. The molecule has 0 aliphatic carbocycles. The number of nitrogens with one attached hydrogen (secondary N) is 1. The lowest BCUT2D eigenvalue weighted by Gasteiger charge is -2.44. The molecule has 1 aliphatic rings. The number of aromatic nitrogens is 1. The summed E-state index contributed by atoms with van der Waals surface area (Å²) in [4.78, 5) is 19.1. The zero-order valence-corrected chi connectivity index (χ0v) is 16.9. The van der Waals surface area contributed by atoms with Crippen molar-refractivity contribution in [1.82, 2.24) is 10.3 Å². The fourth-order valence-corrected chi connectivity index (χ4v) is 5.61. The number of aliphatic imine (C=N–C) groups is 1. The minimum atomic E-state index is -3.98. The smallest absolute Gasteiger partial charge is 0.410 e. The number of amidine groups is 1. The number of amides is 1. The molecule has 1 amide bonds. The van der Waals surface area contributed by atoms with E-state index in [1.54, 1.807) is 0 Å². The van der Waals surface area contributed by atoms with E-state index < -0.39 is 37.4 Å². The first-order valence-electron chi connectivity index (χ1n) is 7.64. The van der Waals surface area contributed by atoms with Crippen LogP contribution in [-0.2, 0) is 15.4 Å². The Morgan fingerprint density at radius 1 is 1.50 bits per heavy atom. The first-order chi connectivity index (χ1) is 11.9. The van der Waals surface area contributed by atoms with Gasteiger partial charge >= 0.3 is 6.09 Å². The fourth-order valence-electron chi connectivity index (χ4n) is 3.03. The van der Waals surface area contributed by atoms with Crippen LogP contribution in [0, 0.1) is 5.95 Å². The number of carboxylic acid groups (broad SMARTS) is 1. The third-order valence-corrected chi connectivity index (χ3v) is 8.03. The summed E-state index contributed by atoms with van der Waals surface area (Å²) in [6.07, 6.45) is 1.22. The van der Waals surface area contributed by atoms with E-state index in [4.69, 9.17) is 5.11 Å². The summed E-state index contributed by atoms with van der Waals surface area (Å²) >= 11 is 3.20. The maximum absolute atomic E-state index is 14.5. The Morgan fingerprint density at radius 2 is 2.12 bits per heavy atom. The molecule has 0 bridgehead atoms. The minimum absolute atomic E-state index is 0.0120. The summed E-state index contributed by atoms with van der Waals surface area (Å²) in [5, 5.41) is 9.99. The van der Waals surface area contributed by atoms with Crippen molar-refractivity contribution < 1.29 is 22.7 Å². The highest BCUT2D eigenvalue weighted by atomic mass is 79.9. The normalized spacial score (nSPS) is 26.7. The molecular weight excluding hydrogens is 429 g/mol. The van der Waals surface area contributed by atoms with Gasteiger partial charge in [0.1, 0.15) is 16.1 Å². The molecule has 7 nitrogen and oxygen atoms in total. The Labute approximate surface area is 159 Å². The average molecular weight is 448 g/mol. The van der Waals surface area contributed by atoms with Crippen LogP contribution in [0.2, 0.25) is 0 Å². The van der Waals surface area contributed by atoms with Crippen LogP contribution in [0.3, 0.4) is 0 Å². The first-order valence-corrected chi connectivity index (χ1v) is 9.98. The van der Waals surface area contributed by atoms with E-state index in [1.165, 1.54) is 39.1 Å². The highest BCUT2D eigenvalue weighted by molar-refractivity contribution is 9.10. The maximum Gasteiger partial charge on any atom is 0.410 e. The molecular formula is C16H19BrFN3O4S. The molecule has 0 radical (unpaired) electrons. The van der Waals surface area contributed by atoms with E-state index in [-0.39, 0.29) is 17.8 Å². The van der Waals surface area contributed by atoms with Gasteiger partial charge in [-0.2, -0.15) is 4.39 Å². The van der Waals surface area contributed by atoms with Crippen molar-refractivity contribution in [2.45, 2.75) is 42.7 Å². The Bertz CT molecular complexity index is 901. The van der Waals surface area contributed by atoms with Crippen LogP contribution in [0.4, 0.5) is 9.18 Å². The molecule has 142 valence electrons. The largest absolute Gasteiger partial charge is 0.465 e. The quantitative estimate of drug-likeness (QED) is 0.546. The molecule has 0 spiro atoms. The lowest BCUT2D eigenvalue weighted by molar-refractivity contribution is 0.199. The van der Waals surface area contributed by atoms with Crippen molar-refractivity contribution in [3.8, 4) is 0 Å². The fraction of sp³-hybridized carbons (Fsp3) is 0.438. The Hall–Kier alpha value is -1.81. The summed E-state index contributed by atoms with van der Waals surface area (Å²) in [5.41, 5.74) is -1.65. The number of pyridine rings is 1. The second-order valence-corrected chi connectivity index (χ2v) is 10.2.